The molecule has 1 aromatic rings. The molecule has 9 amide bonds. The second-order valence-electron chi connectivity index (χ2n) is 24.1. The van der Waals surface area contributed by atoms with E-state index in [2.05, 4.69) is 72.8 Å². The average molecular weight is 1370 g/mol. The molecule has 0 unspecified atom stereocenters. The Morgan fingerprint density at radius 3 is 0.959 bits per heavy atom. The third-order valence-electron chi connectivity index (χ3n) is 14.5. The number of aliphatic carboxylic acids is 1. The van der Waals surface area contributed by atoms with Crippen LogP contribution in [-0.4, -0.2) is 194 Å². The van der Waals surface area contributed by atoms with Crippen LogP contribution in [0.15, 0.2) is 55.3 Å². The molecule has 0 saturated carbocycles. The highest BCUT2D eigenvalue weighted by Crippen LogP contribution is 2.14. The minimum absolute atomic E-state index is 0.00159. The van der Waals surface area contributed by atoms with Crippen molar-refractivity contribution in [2.45, 2.75) is 198 Å². The number of carbonyl (C=O) groups excluding carboxylic acids is 9. The molecule has 0 bridgehead atoms. The molecule has 0 aliphatic heterocycles. The van der Waals surface area contributed by atoms with Crippen molar-refractivity contribution in [2.75, 3.05) is 39.3 Å². The van der Waals surface area contributed by atoms with E-state index in [9.17, 15) is 53.1 Å². The summed E-state index contributed by atoms with van der Waals surface area (Å²) in [7, 11) is 0. The number of hydrogen-bond donors (Lipinski definition) is 22. The predicted molar refractivity (Wildman–Crippen MR) is 370 cm³/mol. The Kier molecular flexibility index (Phi) is 41.4. The fraction of sp³-hybridized carbons (Fsp3) is 0.650. The topological polar surface area (TPSA) is 673 Å². The third kappa shape index (κ3) is 38.4. The highest BCUT2D eigenvalue weighted by Gasteiger charge is 2.36. The summed E-state index contributed by atoms with van der Waals surface area (Å²) in [5.74, 6) is -10.1. The number of nitrogens with two attached hydrogens (primary N) is 12. The molecule has 0 aliphatic rings. The first-order valence-electron chi connectivity index (χ1n) is 32.5. The Hall–Kier alpha value is -9.81. The van der Waals surface area contributed by atoms with E-state index in [1.54, 1.807) is 58.0 Å². The van der Waals surface area contributed by atoms with Gasteiger partial charge >= 0.3 is 5.97 Å². The lowest BCUT2D eigenvalue weighted by molar-refractivity contribution is -0.142. The number of unbranched alkanes of at least 4 members (excludes halogenated alkanes) is 1. The highest BCUT2D eigenvalue weighted by atomic mass is 16.4. The number of nitrogens with one attached hydrogen (secondary N) is 9. The number of guanidine groups is 5. The SMILES string of the molecule is CC(C)C[C@H](NC(=O)[C@H](C)NC(=O)[C@H](CCCCN)NC(=O)[C@H](CCCN=C(N)N)NC(=O)[C@@H](CCCN=C(N)N)NC(=O)[C@H](CCCN=C(N)N)NC(=O)[C@@H](N)CCCN=C(N)N)C(=O)N[C@@H](CCCN=C(N)N)C(=O)N[C@@H](CC(C)C)C(=O)N[C@@H](Cc1ccccc1)C(=O)O. The van der Waals surface area contributed by atoms with Crippen LogP contribution in [0.1, 0.15) is 136 Å². The highest BCUT2D eigenvalue weighted by molar-refractivity contribution is 5.98. The van der Waals surface area contributed by atoms with Crippen LogP contribution < -0.4 is 117 Å². The lowest BCUT2D eigenvalue weighted by atomic mass is 10.00. The van der Waals surface area contributed by atoms with E-state index in [4.69, 9.17) is 68.8 Å². The first-order chi connectivity index (χ1) is 45.7. The molecule has 1 rings (SSSR count). The van der Waals surface area contributed by atoms with E-state index in [0.29, 0.717) is 24.8 Å². The van der Waals surface area contributed by atoms with E-state index in [1.165, 1.54) is 6.92 Å². The molecule has 34 N–H and O–H groups in total. The Morgan fingerprint density at radius 1 is 0.361 bits per heavy atom. The molecular weight excluding hydrogens is 1260 g/mol. The van der Waals surface area contributed by atoms with Gasteiger partial charge in [-0.25, -0.2) is 4.79 Å². The fourth-order valence-electron chi connectivity index (χ4n) is 9.55. The van der Waals surface area contributed by atoms with Crippen molar-refractivity contribution in [3.8, 4) is 0 Å². The van der Waals surface area contributed by atoms with Crippen molar-refractivity contribution in [2.24, 2.45) is 106 Å². The Labute approximate surface area is 566 Å². The number of benzene rings is 1. The van der Waals surface area contributed by atoms with Crippen molar-refractivity contribution in [1.29, 1.82) is 0 Å². The van der Waals surface area contributed by atoms with Gasteiger partial charge in [0.2, 0.25) is 53.2 Å². The first-order valence-corrected chi connectivity index (χ1v) is 32.5. The van der Waals surface area contributed by atoms with Gasteiger partial charge in [0.15, 0.2) is 29.8 Å². The van der Waals surface area contributed by atoms with Gasteiger partial charge < -0.3 is 122 Å². The monoisotopic (exact) mass is 1370 g/mol. The molecule has 0 fully saturated rings. The van der Waals surface area contributed by atoms with Gasteiger partial charge in [0.25, 0.3) is 0 Å². The quantitative estimate of drug-likeness (QED) is 0.0164. The van der Waals surface area contributed by atoms with Crippen LogP contribution in [0.4, 0.5) is 0 Å². The zero-order valence-corrected chi connectivity index (χ0v) is 56.6. The van der Waals surface area contributed by atoms with Gasteiger partial charge in [0, 0.05) is 39.1 Å². The molecule has 0 spiro atoms. The minimum atomic E-state index is -1.43. The number of amides is 9. The maximum atomic E-state index is 14.5. The third-order valence-corrected chi connectivity index (χ3v) is 14.5. The summed E-state index contributed by atoms with van der Waals surface area (Å²) in [5.41, 5.74) is 67.8. The van der Waals surface area contributed by atoms with Crippen LogP contribution in [0, 0.1) is 11.8 Å². The van der Waals surface area contributed by atoms with E-state index >= 15 is 0 Å². The second-order valence-corrected chi connectivity index (χ2v) is 24.1. The Morgan fingerprint density at radius 2 is 0.639 bits per heavy atom. The summed E-state index contributed by atoms with van der Waals surface area (Å²) in [6.07, 6.45) is 1.45. The Balaban J connectivity index is 3.64. The number of aliphatic imine (C=N–C) groups is 5. The maximum absolute atomic E-state index is 14.5. The zero-order chi connectivity index (χ0) is 73.2. The lowest BCUT2D eigenvalue weighted by Gasteiger charge is -2.28. The molecule has 0 radical (unpaired) electrons. The Bertz CT molecular complexity index is 2800. The number of hydrogen-bond acceptors (Lipinski definition) is 17. The molecule has 37 nitrogen and oxygen atoms in total. The number of carboxylic acid groups (broad SMARTS) is 1. The van der Waals surface area contributed by atoms with Gasteiger partial charge in [0.1, 0.15) is 54.4 Å². The smallest absolute Gasteiger partial charge is 0.326 e. The molecule has 0 heterocycles. The zero-order valence-electron chi connectivity index (χ0n) is 56.6. The van der Waals surface area contributed by atoms with Crippen LogP contribution in [-0.2, 0) is 54.4 Å². The van der Waals surface area contributed by atoms with E-state index < -0.39 is 120 Å². The van der Waals surface area contributed by atoms with Crippen LogP contribution >= 0.6 is 0 Å². The molecule has 1 aromatic carbocycles. The summed E-state index contributed by atoms with van der Waals surface area (Å²) < 4.78 is 0. The van der Waals surface area contributed by atoms with Crippen molar-refractivity contribution >= 4 is 88.9 Å². The normalized spacial score (nSPS) is 14.0. The number of rotatable bonds is 49. The fourth-order valence-corrected chi connectivity index (χ4v) is 9.55. The van der Waals surface area contributed by atoms with Crippen molar-refractivity contribution in [3.63, 3.8) is 0 Å². The second kappa shape index (κ2) is 47.1. The van der Waals surface area contributed by atoms with Gasteiger partial charge in [0.05, 0.1) is 6.04 Å². The van der Waals surface area contributed by atoms with Gasteiger partial charge in [-0.15, -0.1) is 0 Å². The molecule has 10 atom stereocenters. The largest absolute Gasteiger partial charge is 0.480 e. The molecule has 546 valence electrons. The number of carbonyl (C=O) groups is 10. The van der Waals surface area contributed by atoms with E-state index in [1.807, 2.05) is 0 Å². The molecule has 0 saturated heterocycles. The summed E-state index contributed by atoms with van der Waals surface area (Å²) in [6, 6.07) is -4.58. The van der Waals surface area contributed by atoms with Gasteiger partial charge in [-0.3, -0.25) is 68.1 Å². The van der Waals surface area contributed by atoms with Crippen LogP contribution in [0.25, 0.3) is 0 Å². The molecule has 0 aromatic heterocycles. The van der Waals surface area contributed by atoms with Gasteiger partial charge in [-0.05, 0) is 127 Å². The van der Waals surface area contributed by atoms with Crippen LogP contribution in [0.2, 0.25) is 0 Å². The summed E-state index contributed by atoms with van der Waals surface area (Å²) in [5, 5.41) is 33.9. The molecule has 97 heavy (non-hydrogen) atoms. The average Bonchev–Trinajstić information content (AvgIpc) is 0.904. The maximum Gasteiger partial charge on any atom is 0.326 e. The van der Waals surface area contributed by atoms with Gasteiger partial charge in [-0.2, -0.15) is 0 Å². The minimum Gasteiger partial charge on any atom is -0.480 e. The predicted octanol–water partition coefficient (Wildman–Crippen LogP) is -6.49. The number of nitrogens with zero attached hydrogens (tertiary/aromatic N) is 5. The number of carboxylic acids is 1. The van der Waals surface area contributed by atoms with Crippen molar-refractivity contribution in [3.05, 3.63) is 35.9 Å². The van der Waals surface area contributed by atoms with Crippen LogP contribution in [0.3, 0.4) is 0 Å². The lowest BCUT2D eigenvalue weighted by Crippen LogP contribution is -2.60. The molecule has 37 heteroatoms. The summed E-state index contributed by atoms with van der Waals surface area (Å²) >= 11 is 0. The first kappa shape index (κ1) is 85.2. The van der Waals surface area contributed by atoms with E-state index in [0.717, 1.165) is 0 Å². The summed E-state index contributed by atoms with van der Waals surface area (Å²) in [4.78, 5) is 160. The summed E-state index contributed by atoms with van der Waals surface area (Å²) in [6.45, 7) is 9.02. The molecule has 0 aliphatic carbocycles. The van der Waals surface area contributed by atoms with Crippen LogP contribution in [0.5, 0.6) is 0 Å². The van der Waals surface area contributed by atoms with Gasteiger partial charge in [-0.1, -0.05) is 58.0 Å². The van der Waals surface area contributed by atoms with E-state index in [-0.39, 0.29) is 164 Å². The molecular formula is C60H110N26O11. The van der Waals surface area contributed by atoms with Crippen molar-refractivity contribution in [1.82, 2.24) is 47.9 Å². The van der Waals surface area contributed by atoms with Crippen molar-refractivity contribution < 1.29 is 53.1 Å². The standard InChI is InChI=1S/C60H110N26O11/c1-33(2)30-43(53(94)83-42(23-15-29-77-60(71)72)52(93)85-44(31-34(3)4)54(95)86-45(55(96)97)32-36-16-7-6-8-17-36)84-46(87)35(5)78-48(89)38(19-9-10-24-61)80-50(91)40(21-13-27-75-58(67)68)82-51(92)41(22-14-28-76-59(69)70)81-49(90)39(20-12-26-74-57(65)66)79-47(88)37(62)18-11-25-73-56(63)64/h6-8,16-17,33-35,37-45H,9-15,18-32,61-62H2,1-5H3,(H,78,89)(H,79,88)(H,80,91)(H,81,90)(H,82,92)(H,83,94)(H,84,87)(H,85,93)(H,86,95)(H,96,97)(H4,63,64,73)(H4,65,66,74)(H4,67,68,75)(H4,69,70,76)(H4,71,72,77)/t35-,37-,38-,39-,40-,41+,42-,43-,44-,45-/m0/s1.